The molecule has 1 fully saturated rings. The number of amides is 1. The Hall–Kier alpha value is -1.08. The number of thiazole rings is 1. The minimum Gasteiger partial charge on any atom is -0.466 e. The molecule has 1 aliphatic carbocycles. The molecule has 0 spiro atoms. The molecular formula is C16H24N2O3S2. The van der Waals surface area contributed by atoms with Gasteiger partial charge in [-0.25, -0.2) is 4.98 Å². The van der Waals surface area contributed by atoms with E-state index in [9.17, 15) is 9.59 Å². The van der Waals surface area contributed by atoms with E-state index in [1.807, 2.05) is 5.38 Å². The Bertz CT molecular complexity index is 511. The fourth-order valence-electron chi connectivity index (χ4n) is 2.62. The molecule has 0 saturated heterocycles. The Morgan fingerprint density at radius 3 is 2.78 bits per heavy atom. The van der Waals surface area contributed by atoms with Gasteiger partial charge in [0.2, 0.25) is 5.91 Å². The maximum Gasteiger partial charge on any atom is 0.311 e. The highest BCUT2D eigenvalue weighted by Crippen LogP contribution is 2.23. The minimum atomic E-state index is -0.263. The first-order valence-corrected chi connectivity index (χ1v) is 10.1. The fourth-order valence-corrected chi connectivity index (χ4v) is 4.27. The highest BCUT2D eigenvalue weighted by molar-refractivity contribution is 8.01. The molecule has 0 unspecified atom stereocenters. The van der Waals surface area contributed by atoms with Gasteiger partial charge in [0, 0.05) is 11.4 Å². The number of esters is 1. The van der Waals surface area contributed by atoms with Crippen molar-refractivity contribution in [3.63, 3.8) is 0 Å². The number of aromatic nitrogens is 1. The van der Waals surface area contributed by atoms with Crippen LogP contribution in [-0.2, 0) is 20.7 Å². The second-order valence-corrected chi connectivity index (χ2v) is 7.71. The summed E-state index contributed by atoms with van der Waals surface area (Å²) in [7, 11) is 0. The molecule has 2 rings (SSSR count). The summed E-state index contributed by atoms with van der Waals surface area (Å²) in [6.45, 7) is 2.17. The molecular weight excluding hydrogens is 332 g/mol. The van der Waals surface area contributed by atoms with E-state index in [1.54, 1.807) is 6.92 Å². The van der Waals surface area contributed by atoms with Gasteiger partial charge in [-0.05, 0) is 19.8 Å². The second kappa shape index (κ2) is 9.93. The number of carbonyl (C=O) groups excluding carboxylic acids is 2. The third-order valence-electron chi connectivity index (χ3n) is 3.71. The van der Waals surface area contributed by atoms with E-state index < -0.39 is 0 Å². The Kier molecular flexibility index (Phi) is 7.88. The van der Waals surface area contributed by atoms with Crippen LogP contribution in [0.2, 0.25) is 0 Å². The average molecular weight is 357 g/mol. The predicted octanol–water partition coefficient (Wildman–Crippen LogP) is 3.18. The predicted molar refractivity (Wildman–Crippen MR) is 92.8 cm³/mol. The van der Waals surface area contributed by atoms with Crippen molar-refractivity contribution in [2.75, 3.05) is 12.4 Å². The molecule has 1 aliphatic rings. The van der Waals surface area contributed by atoms with Gasteiger partial charge in [0.05, 0.1) is 24.5 Å². The number of hydrogen-bond acceptors (Lipinski definition) is 6. The van der Waals surface area contributed by atoms with E-state index in [-0.39, 0.29) is 18.3 Å². The van der Waals surface area contributed by atoms with Crippen LogP contribution in [0.3, 0.4) is 0 Å². The van der Waals surface area contributed by atoms with Crippen molar-refractivity contribution in [2.24, 2.45) is 0 Å². The lowest BCUT2D eigenvalue weighted by Gasteiger charge is -2.15. The third-order valence-corrected chi connectivity index (χ3v) is 5.78. The maximum absolute atomic E-state index is 12.0. The van der Waals surface area contributed by atoms with Crippen LogP contribution in [-0.4, -0.2) is 35.3 Å². The molecule has 128 valence electrons. The van der Waals surface area contributed by atoms with Gasteiger partial charge >= 0.3 is 5.97 Å². The standard InChI is InChI=1S/C16H24N2O3S2/c1-2-21-15(20)9-13-10-22-16(18-13)23-11-14(19)17-12-7-5-3-4-6-8-12/h10,12H,2-9,11H2,1H3,(H,17,19). The van der Waals surface area contributed by atoms with Crippen LogP contribution < -0.4 is 5.32 Å². The maximum atomic E-state index is 12.0. The number of ether oxygens (including phenoxy) is 1. The zero-order chi connectivity index (χ0) is 16.5. The summed E-state index contributed by atoms with van der Waals surface area (Å²) in [5, 5.41) is 4.98. The molecule has 1 saturated carbocycles. The van der Waals surface area contributed by atoms with Gasteiger partial charge in [-0.15, -0.1) is 11.3 Å². The van der Waals surface area contributed by atoms with Crippen LogP contribution in [0.25, 0.3) is 0 Å². The average Bonchev–Trinajstić information content (AvgIpc) is 2.80. The fraction of sp³-hybridized carbons (Fsp3) is 0.688. The van der Waals surface area contributed by atoms with Crippen molar-refractivity contribution in [2.45, 2.75) is 62.3 Å². The quantitative estimate of drug-likeness (QED) is 0.462. The van der Waals surface area contributed by atoms with Gasteiger partial charge < -0.3 is 10.1 Å². The van der Waals surface area contributed by atoms with E-state index in [1.165, 1.54) is 48.8 Å². The summed E-state index contributed by atoms with van der Waals surface area (Å²) < 4.78 is 5.72. The largest absolute Gasteiger partial charge is 0.466 e. The number of carbonyl (C=O) groups is 2. The molecule has 0 bridgehead atoms. The van der Waals surface area contributed by atoms with Crippen LogP contribution in [0.5, 0.6) is 0 Å². The lowest BCUT2D eigenvalue weighted by molar-refractivity contribution is -0.142. The Labute approximate surface area is 145 Å². The van der Waals surface area contributed by atoms with Gasteiger partial charge in [-0.2, -0.15) is 0 Å². The summed E-state index contributed by atoms with van der Waals surface area (Å²) in [6.07, 6.45) is 7.37. The highest BCUT2D eigenvalue weighted by Gasteiger charge is 2.15. The minimum absolute atomic E-state index is 0.0732. The summed E-state index contributed by atoms with van der Waals surface area (Å²) in [5.74, 6) is 0.188. The molecule has 1 N–H and O–H groups in total. The molecule has 0 aromatic carbocycles. The number of thioether (sulfide) groups is 1. The van der Waals surface area contributed by atoms with Crippen molar-refractivity contribution in [1.82, 2.24) is 10.3 Å². The van der Waals surface area contributed by atoms with Gasteiger partial charge in [0.1, 0.15) is 0 Å². The zero-order valence-electron chi connectivity index (χ0n) is 13.5. The Balaban J connectivity index is 1.71. The number of nitrogens with zero attached hydrogens (tertiary/aromatic N) is 1. The van der Waals surface area contributed by atoms with Gasteiger partial charge in [0.25, 0.3) is 0 Å². The van der Waals surface area contributed by atoms with E-state index in [0.717, 1.165) is 17.2 Å². The van der Waals surface area contributed by atoms with E-state index in [4.69, 9.17) is 4.74 Å². The third kappa shape index (κ3) is 6.91. The van der Waals surface area contributed by atoms with Gasteiger partial charge in [0.15, 0.2) is 4.34 Å². The topological polar surface area (TPSA) is 68.3 Å². The number of rotatable bonds is 7. The molecule has 23 heavy (non-hydrogen) atoms. The van der Waals surface area contributed by atoms with E-state index in [0.29, 0.717) is 24.1 Å². The summed E-state index contributed by atoms with van der Waals surface area (Å²) in [6, 6.07) is 0.335. The first-order chi connectivity index (χ1) is 11.2. The van der Waals surface area contributed by atoms with Crippen molar-refractivity contribution >= 4 is 35.0 Å². The summed E-state index contributed by atoms with van der Waals surface area (Å²) in [4.78, 5) is 27.8. The van der Waals surface area contributed by atoms with E-state index in [2.05, 4.69) is 10.3 Å². The smallest absolute Gasteiger partial charge is 0.311 e. The first kappa shape index (κ1) is 18.3. The molecule has 0 radical (unpaired) electrons. The number of hydrogen-bond donors (Lipinski definition) is 1. The molecule has 7 heteroatoms. The molecule has 0 aliphatic heterocycles. The van der Waals surface area contributed by atoms with Crippen LogP contribution >= 0.6 is 23.1 Å². The van der Waals surface area contributed by atoms with Crippen LogP contribution in [0.4, 0.5) is 0 Å². The molecule has 0 atom stereocenters. The monoisotopic (exact) mass is 356 g/mol. The lowest BCUT2D eigenvalue weighted by Crippen LogP contribution is -2.35. The zero-order valence-corrected chi connectivity index (χ0v) is 15.1. The Morgan fingerprint density at radius 1 is 1.35 bits per heavy atom. The Morgan fingerprint density at radius 2 is 2.09 bits per heavy atom. The molecule has 1 aromatic heterocycles. The molecule has 1 heterocycles. The lowest BCUT2D eigenvalue weighted by atomic mass is 10.1. The molecule has 1 aromatic rings. The van der Waals surface area contributed by atoms with Gasteiger partial charge in [-0.1, -0.05) is 37.4 Å². The van der Waals surface area contributed by atoms with Gasteiger partial charge in [-0.3, -0.25) is 9.59 Å². The van der Waals surface area contributed by atoms with Crippen molar-refractivity contribution < 1.29 is 14.3 Å². The van der Waals surface area contributed by atoms with Crippen LogP contribution in [0, 0.1) is 0 Å². The highest BCUT2D eigenvalue weighted by atomic mass is 32.2. The summed E-state index contributed by atoms with van der Waals surface area (Å²) >= 11 is 2.89. The second-order valence-electron chi connectivity index (χ2n) is 5.63. The SMILES string of the molecule is CCOC(=O)Cc1csc(SCC(=O)NC2CCCCCC2)n1. The number of nitrogens with one attached hydrogen (secondary N) is 1. The van der Waals surface area contributed by atoms with Crippen molar-refractivity contribution in [1.29, 1.82) is 0 Å². The summed E-state index contributed by atoms with van der Waals surface area (Å²) in [5.41, 5.74) is 0.708. The molecule has 5 nitrogen and oxygen atoms in total. The van der Waals surface area contributed by atoms with Crippen LogP contribution in [0.1, 0.15) is 51.1 Å². The van der Waals surface area contributed by atoms with Crippen molar-refractivity contribution in [3.8, 4) is 0 Å². The molecule has 1 amide bonds. The van der Waals surface area contributed by atoms with E-state index >= 15 is 0 Å². The van der Waals surface area contributed by atoms with Crippen LogP contribution in [0.15, 0.2) is 9.72 Å². The first-order valence-electron chi connectivity index (χ1n) is 8.19. The normalized spacial score (nSPS) is 15.9. The van der Waals surface area contributed by atoms with Crippen molar-refractivity contribution in [3.05, 3.63) is 11.1 Å².